The maximum Gasteiger partial charge on any atom is 0.371 e. The van der Waals surface area contributed by atoms with E-state index in [9.17, 15) is 4.79 Å². The van der Waals surface area contributed by atoms with Gasteiger partial charge in [0, 0.05) is 5.56 Å². The average Bonchev–Trinajstić information content (AvgIpc) is 3.85. The van der Waals surface area contributed by atoms with Gasteiger partial charge in [0.05, 0.1) is 6.26 Å². The van der Waals surface area contributed by atoms with E-state index in [1.54, 1.807) is 5.56 Å². The Morgan fingerprint density at radius 1 is 0.804 bits per heavy atom. The van der Waals surface area contributed by atoms with Crippen LogP contribution in [0.4, 0.5) is 0 Å². The lowest BCUT2D eigenvalue weighted by Gasteiger charge is -2.26. The fourth-order valence-corrected chi connectivity index (χ4v) is 7.26. The van der Waals surface area contributed by atoms with Crippen LogP contribution in [0.1, 0.15) is 45.1 Å². The first kappa shape index (κ1) is 32.1. The molecule has 252 valence electrons. The molecule has 1 N–H and O–H groups in total. The van der Waals surface area contributed by atoms with Gasteiger partial charge in [0.2, 0.25) is 11.7 Å². The highest BCUT2D eigenvalue weighted by Crippen LogP contribution is 2.36. The SMILES string of the molecule is Cc1oc(-c2ccccc2)nc1COc1ccc2cc(CC3CCc4c(ccc5c4ccc4ccccc45)C3)ccc2c1.O=C(O)c1ccco1. The van der Waals surface area contributed by atoms with Gasteiger partial charge in [-0.1, -0.05) is 91.0 Å². The van der Waals surface area contributed by atoms with Crippen LogP contribution in [0.5, 0.6) is 5.75 Å². The highest BCUT2D eigenvalue weighted by atomic mass is 16.5. The lowest BCUT2D eigenvalue weighted by atomic mass is 9.78. The first-order valence-corrected chi connectivity index (χ1v) is 17.3. The molecule has 1 aliphatic rings. The molecule has 8 aromatic rings. The summed E-state index contributed by atoms with van der Waals surface area (Å²) in [4.78, 5) is 14.6. The summed E-state index contributed by atoms with van der Waals surface area (Å²) in [5.41, 5.74) is 6.29. The van der Waals surface area contributed by atoms with Gasteiger partial charge >= 0.3 is 5.97 Å². The Kier molecular flexibility index (Phi) is 8.81. The van der Waals surface area contributed by atoms with E-state index in [4.69, 9.17) is 14.3 Å². The number of oxazole rings is 1. The normalized spacial score (nSPS) is 13.9. The summed E-state index contributed by atoms with van der Waals surface area (Å²) >= 11 is 0. The largest absolute Gasteiger partial charge is 0.487 e. The molecule has 0 amide bonds. The van der Waals surface area contributed by atoms with E-state index in [1.165, 1.54) is 68.3 Å². The van der Waals surface area contributed by atoms with Crippen molar-refractivity contribution in [3.05, 3.63) is 168 Å². The number of hydrogen-bond donors (Lipinski definition) is 1. The molecule has 51 heavy (non-hydrogen) atoms. The Morgan fingerprint density at radius 3 is 2.41 bits per heavy atom. The molecule has 6 heteroatoms. The second kappa shape index (κ2) is 14.0. The number of hydrogen-bond acceptors (Lipinski definition) is 5. The van der Waals surface area contributed by atoms with Crippen molar-refractivity contribution in [1.82, 2.24) is 4.98 Å². The molecule has 0 saturated heterocycles. The summed E-state index contributed by atoms with van der Waals surface area (Å²) in [7, 11) is 0. The fraction of sp³-hybridized carbons (Fsp3) is 0.156. The molecule has 2 aromatic heterocycles. The highest BCUT2D eigenvalue weighted by Gasteiger charge is 2.21. The highest BCUT2D eigenvalue weighted by molar-refractivity contribution is 6.08. The summed E-state index contributed by atoms with van der Waals surface area (Å²) in [6.07, 6.45) is 5.97. The molecule has 6 nitrogen and oxygen atoms in total. The van der Waals surface area contributed by atoms with Crippen molar-refractivity contribution >= 4 is 38.3 Å². The summed E-state index contributed by atoms with van der Waals surface area (Å²) in [6.45, 7) is 2.31. The van der Waals surface area contributed by atoms with Gasteiger partial charge < -0.3 is 18.7 Å². The van der Waals surface area contributed by atoms with Crippen molar-refractivity contribution in [3.63, 3.8) is 0 Å². The van der Waals surface area contributed by atoms with E-state index in [2.05, 4.69) is 94.3 Å². The molecule has 0 spiro atoms. The number of nitrogens with zero attached hydrogens (tertiary/aromatic N) is 1. The molecule has 0 radical (unpaired) electrons. The molecule has 0 aliphatic heterocycles. The van der Waals surface area contributed by atoms with Crippen LogP contribution in [0.25, 0.3) is 43.8 Å². The van der Waals surface area contributed by atoms with Crippen LogP contribution < -0.4 is 4.74 Å². The zero-order valence-corrected chi connectivity index (χ0v) is 28.3. The number of aryl methyl sites for hydroxylation is 2. The van der Waals surface area contributed by atoms with Crippen LogP contribution in [0.15, 0.2) is 142 Å². The van der Waals surface area contributed by atoms with Gasteiger partial charge in [0.1, 0.15) is 23.8 Å². The number of fused-ring (bicyclic) bond motifs is 6. The summed E-state index contributed by atoms with van der Waals surface area (Å²) in [6, 6.07) is 44.2. The summed E-state index contributed by atoms with van der Waals surface area (Å²) < 4.78 is 16.5. The van der Waals surface area contributed by atoms with Crippen molar-refractivity contribution in [3.8, 4) is 17.2 Å². The number of rotatable bonds is 7. The van der Waals surface area contributed by atoms with Crippen molar-refractivity contribution < 1.29 is 23.5 Å². The van der Waals surface area contributed by atoms with E-state index in [0.29, 0.717) is 18.4 Å². The number of carboxylic acid groups (broad SMARTS) is 1. The minimum Gasteiger partial charge on any atom is -0.487 e. The van der Waals surface area contributed by atoms with Crippen LogP contribution in [0.3, 0.4) is 0 Å². The van der Waals surface area contributed by atoms with Crippen molar-refractivity contribution in [2.45, 2.75) is 39.2 Å². The zero-order valence-electron chi connectivity index (χ0n) is 28.3. The molecule has 0 fully saturated rings. The van der Waals surface area contributed by atoms with Crippen molar-refractivity contribution in [2.24, 2.45) is 5.92 Å². The van der Waals surface area contributed by atoms with Crippen LogP contribution in [0.2, 0.25) is 0 Å². The first-order valence-electron chi connectivity index (χ1n) is 17.3. The number of aromatic carboxylic acids is 1. The van der Waals surface area contributed by atoms with Gasteiger partial charge in [0.15, 0.2) is 0 Å². The molecule has 1 unspecified atom stereocenters. The molecular weight excluding hydrogens is 634 g/mol. The van der Waals surface area contributed by atoms with Gasteiger partial charge in [-0.2, -0.15) is 0 Å². The number of aromatic nitrogens is 1. The Morgan fingerprint density at radius 2 is 1.59 bits per heavy atom. The Bertz CT molecular complexity index is 2480. The predicted molar refractivity (Wildman–Crippen MR) is 201 cm³/mol. The second-order valence-corrected chi connectivity index (χ2v) is 13.2. The van der Waals surface area contributed by atoms with E-state index in [1.807, 2.05) is 37.3 Å². The average molecular weight is 672 g/mol. The van der Waals surface area contributed by atoms with Gasteiger partial charge in [0.25, 0.3) is 0 Å². The van der Waals surface area contributed by atoms with Crippen LogP contribution >= 0.6 is 0 Å². The second-order valence-electron chi connectivity index (χ2n) is 13.2. The maximum absolute atomic E-state index is 9.97. The zero-order chi connectivity index (χ0) is 34.7. The predicted octanol–water partition coefficient (Wildman–Crippen LogP) is 11.0. The molecule has 2 heterocycles. The number of carboxylic acids is 1. The molecule has 1 aliphatic carbocycles. The quantitative estimate of drug-likeness (QED) is 0.170. The van der Waals surface area contributed by atoms with Gasteiger partial charge in [-0.05, 0) is 124 Å². The summed E-state index contributed by atoms with van der Waals surface area (Å²) in [5, 5.41) is 16.1. The van der Waals surface area contributed by atoms with Crippen LogP contribution in [-0.4, -0.2) is 16.1 Å². The first-order chi connectivity index (χ1) is 25.0. The lowest BCUT2D eigenvalue weighted by Crippen LogP contribution is -2.16. The number of furan rings is 1. The van der Waals surface area contributed by atoms with Crippen molar-refractivity contribution in [2.75, 3.05) is 0 Å². The summed E-state index contributed by atoms with van der Waals surface area (Å²) in [5.74, 6) is 1.87. The van der Waals surface area contributed by atoms with E-state index in [0.717, 1.165) is 42.0 Å². The molecule has 1 atom stereocenters. The van der Waals surface area contributed by atoms with E-state index in [-0.39, 0.29) is 5.76 Å². The van der Waals surface area contributed by atoms with Crippen molar-refractivity contribution in [1.29, 1.82) is 0 Å². The smallest absolute Gasteiger partial charge is 0.371 e. The Balaban J connectivity index is 0.000000415. The molecule has 9 rings (SSSR count). The van der Waals surface area contributed by atoms with Crippen LogP contribution in [-0.2, 0) is 25.9 Å². The van der Waals surface area contributed by atoms with Gasteiger partial charge in [-0.15, -0.1) is 0 Å². The van der Waals surface area contributed by atoms with E-state index < -0.39 is 5.97 Å². The lowest BCUT2D eigenvalue weighted by molar-refractivity contribution is 0.0662. The standard InChI is InChI=1S/C40H33NO2.C5H4O3/c1-26-39(41-40(43-26)30-8-3-2-4-9-30)25-42-34-17-14-31-22-27(11-13-32(31)24-34)21-28-12-18-36-33(23-28)16-20-37-35-10-6-5-7-29(35)15-19-38(36)37;6-5(7)4-2-1-3-8-4/h2-11,13-17,19-20,22,24,28H,12,18,21,23,25H2,1H3;1-3H,(H,6,7). The topological polar surface area (TPSA) is 85.7 Å². The maximum atomic E-state index is 9.97. The third-order valence-corrected chi connectivity index (χ3v) is 9.87. The third-order valence-electron chi connectivity index (χ3n) is 9.87. The number of carbonyl (C=O) groups is 1. The third kappa shape index (κ3) is 6.86. The molecule has 0 saturated carbocycles. The minimum absolute atomic E-state index is 0.0231. The van der Waals surface area contributed by atoms with Crippen LogP contribution in [0, 0.1) is 12.8 Å². The monoisotopic (exact) mass is 671 g/mol. The van der Waals surface area contributed by atoms with Gasteiger partial charge in [-0.25, -0.2) is 9.78 Å². The fourth-order valence-electron chi connectivity index (χ4n) is 7.26. The van der Waals surface area contributed by atoms with Gasteiger partial charge in [-0.3, -0.25) is 0 Å². The number of benzene rings is 6. The Labute approximate surface area is 296 Å². The molecule has 0 bridgehead atoms. The Hall–Kier alpha value is -6.14. The number of ether oxygens (including phenoxy) is 1. The molecular formula is C45H37NO5. The minimum atomic E-state index is -1.03. The molecule has 6 aromatic carbocycles. The van der Waals surface area contributed by atoms with E-state index >= 15 is 0 Å².